The van der Waals surface area contributed by atoms with E-state index in [-0.39, 0.29) is 12.6 Å². The maximum Gasteiger partial charge on any atom is 0.327 e. The van der Waals surface area contributed by atoms with Crippen LogP contribution in [0.3, 0.4) is 0 Å². The lowest BCUT2D eigenvalue weighted by atomic mass is 9.96. The van der Waals surface area contributed by atoms with Gasteiger partial charge < -0.3 is 15.2 Å². The molecule has 0 heterocycles. The number of carbonyl (C=O) groups is 1. The molecule has 100 valence electrons. The summed E-state index contributed by atoms with van der Waals surface area (Å²) < 4.78 is 5.19. The predicted octanol–water partition coefficient (Wildman–Crippen LogP) is 1.03. The van der Waals surface area contributed by atoms with Gasteiger partial charge in [-0.15, -0.1) is 0 Å². The van der Waals surface area contributed by atoms with E-state index in [9.17, 15) is 4.79 Å². The zero-order valence-corrected chi connectivity index (χ0v) is 11.5. The average Bonchev–Trinajstić information content (AvgIpc) is 3.14. The Bertz CT molecular complexity index is 246. The van der Waals surface area contributed by atoms with Gasteiger partial charge in [0.25, 0.3) is 0 Å². The first-order valence-electron chi connectivity index (χ1n) is 6.26. The smallest absolute Gasteiger partial charge is 0.327 e. The summed E-state index contributed by atoms with van der Waals surface area (Å²) in [7, 11) is 1.84. The molecule has 1 atom stereocenters. The molecule has 17 heavy (non-hydrogen) atoms. The van der Waals surface area contributed by atoms with E-state index in [2.05, 4.69) is 5.32 Å². The van der Waals surface area contributed by atoms with E-state index in [1.807, 2.05) is 14.0 Å². The van der Waals surface area contributed by atoms with Gasteiger partial charge in [-0.25, -0.2) is 0 Å². The van der Waals surface area contributed by atoms with E-state index in [0.717, 1.165) is 30.8 Å². The molecular weight excluding hydrogens is 238 g/mol. The number of carbonyl (C=O) groups excluding carboxylic acids is 1. The lowest BCUT2D eigenvalue weighted by Crippen LogP contribution is -2.55. The van der Waals surface area contributed by atoms with Crippen molar-refractivity contribution in [2.75, 3.05) is 31.8 Å². The summed E-state index contributed by atoms with van der Waals surface area (Å²) >= 11 is 1.71. The van der Waals surface area contributed by atoms with Crippen LogP contribution in [-0.2, 0) is 9.53 Å². The first-order chi connectivity index (χ1) is 8.21. The fraction of sp³-hybridized carbons (Fsp3) is 0.917. The molecule has 0 spiro atoms. The van der Waals surface area contributed by atoms with Crippen molar-refractivity contribution in [1.82, 2.24) is 5.32 Å². The van der Waals surface area contributed by atoms with Crippen LogP contribution in [0.2, 0.25) is 0 Å². The molecule has 1 aliphatic rings. The van der Waals surface area contributed by atoms with Crippen LogP contribution >= 0.6 is 11.8 Å². The molecule has 1 fully saturated rings. The summed E-state index contributed by atoms with van der Waals surface area (Å²) in [5.41, 5.74) is -0.518. The van der Waals surface area contributed by atoms with Gasteiger partial charge in [-0.2, -0.15) is 11.8 Å². The number of rotatable bonds is 9. The van der Waals surface area contributed by atoms with E-state index < -0.39 is 5.54 Å². The minimum absolute atomic E-state index is 0.124. The predicted molar refractivity (Wildman–Crippen MR) is 70.2 cm³/mol. The Morgan fingerprint density at radius 3 is 2.76 bits per heavy atom. The fourth-order valence-electron chi connectivity index (χ4n) is 1.96. The van der Waals surface area contributed by atoms with Gasteiger partial charge in [0.15, 0.2) is 0 Å². The van der Waals surface area contributed by atoms with Gasteiger partial charge in [-0.1, -0.05) is 0 Å². The molecule has 0 radical (unpaired) electrons. The van der Waals surface area contributed by atoms with Gasteiger partial charge in [0.2, 0.25) is 0 Å². The van der Waals surface area contributed by atoms with Crippen molar-refractivity contribution in [1.29, 1.82) is 0 Å². The van der Waals surface area contributed by atoms with Crippen molar-refractivity contribution in [2.24, 2.45) is 5.92 Å². The second-order valence-corrected chi connectivity index (χ2v) is 5.45. The van der Waals surface area contributed by atoms with Gasteiger partial charge in [0.05, 0.1) is 6.61 Å². The highest BCUT2D eigenvalue weighted by Crippen LogP contribution is 2.42. The van der Waals surface area contributed by atoms with Crippen molar-refractivity contribution in [3.63, 3.8) is 0 Å². The molecule has 0 aromatic carbocycles. The van der Waals surface area contributed by atoms with Gasteiger partial charge in [-0.3, -0.25) is 4.79 Å². The maximum atomic E-state index is 12.1. The third-order valence-corrected chi connectivity index (χ3v) is 4.37. The molecule has 0 aromatic rings. The Morgan fingerprint density at radius 1 is 1.59 bits per heavy atom. The molecule has 0 bridgehead atoms. The largest absolute Gasteiger partial charge is 0.465 e. The van der Waals surface area contributed by atoms with Crippen molar-refractivity contribution < 1.29 is 14.6 Å². The molecule has 0 aliphatic heterocycles. The first kappa shape index (κ1) is 14.8. The summed E-state index contributed by atoms with van der Waals surface area (Å²) in [5.74, 6) is 1.90. The second-order valence-electron chi connectivity index (χ2n) is 4.35. The molecule has 1 saturated carbocycles. The van der Waals surface area contributed by atoms with Crippen LogP contribution in [0.1, 0.15) is 26.2 Å². The summed E-state index contributed by atoms with van der Waals surface area (Å²) in [5, 5.41) is 11.9. The van der Waals surface area contributed by atoms with Gasteiger partial charge >= 0.3 is 5.97 Å². The van der Waals surface area contributed by atoms with Gasteiger partial charge in [-0.05, 0) is 44.9 Å². The van der Waals surface area contributed by atoms with E-state index in [4.69, 9.17) is 9.84 Å². The van der Waals surface area contributed by atoms with Crippen molar-refractivity contribution in [3.05, 3.63) is 0 Å². The van der Waals surface area contributed by atoms with E-state index in [0.29, 0.717) is 12.5 Å². The molecule has 0 amide bonds. The molecular formula is C12H23NO3S. The molecule has 0 saturated heterocycles. The zero-order chi connectivity index (χ0) is 12.7. The summed E-state index contributed by atoms with van der Waals surface area (Å²) in [4.78, 5) is 12.1. The van der Waals surface area contributed by atoms with Crippen molar-refractivity contribution in [2.45, 2.75) is 31.7 Å². The number of hydrogen-bond acceptors (Lipinski definition) is 5. The quantitative estimate of drug-likeness (QED) is 0.479. The molecule has 1 unspecified atom stereocenters. The van der Waals surface area contributed by atoms with E-state index in [1.54, 1.807) is 11.8 Å². The maximum absolute atomic E-state index is 12.1. The minimum atomic E-state index is -0.518. The standard InChI is InChI=1S/C12H23NO3S/c1-3-16-11(15)12(13-2,10-5-6-10)9-17-8-4-7-14/h10,13-14H,3-9H2,1-2H3. The Kier molecular flexibility index (Phi) is 6.30. The Hall–Kier alpha value is -0.260. The fourth-order valence-corrected chi connectivity index (χ4v) is 3.26. The normalized spacial score (nSPS) is 18.8. The highest BCUT2D eigenvalue weighted by Gasteiger charge is 2.50. The monoisotopic (exact) mass is 261 g/mol. The number of thioether (sulfide) groups is 1. The number of aliphatic hydroxyl groups excluding tert-OH is 1. The number of esters is 1. The van der Waals surface area contributed by atoms with Crippen LogP contribution < -0.4 is 5.32 Å². The Morgan fingerprint density at radius 2 is 2.29 bits per heavy atom. The van der Waals surface area contributed by atoms with Crippen LogP contribution in [0.25, 0.3) is 0 Å². The number of aliphatic hydroxyl groups is 1. The van der Waals surface area contributed by atoms with Crippen LogP contribution in [0.5, 0.6) is 0 Å². The van der Waals surface area contributed by atoms with Crippen molar-refractivity contribution >= 4 is 17.7 Å². The van der Waals surface area contributed by atoms with Crippen LogP contribution in [0, 0.1) is 5.92 Å². The summed E-state index contributed by atoms with van der Waals surface area (Å²) in [6.45, 7) is 2.48. The Labute approximate surface area is 107 Å². The molecule has 2 N–H and O–H groups in total. The molecule has 1 rings (SSSR count). The molecule has 1 aliphatic carbocycles. The lowest BCUT2D eigenvalue weighted by molar-refractivity contribution is -0.150. The van der Waals surface area contributed by atoms with Crippen molar-refractivity contribution in [3.8, 4) is 0 Å². The lowest BCUT2D eigenvalue weighted by Gasteiger charge is -2.31. The number of hydrogen-bond donors (Lipinski definition) is 2. The number of nitrogens with one attached hydrogen (secondary N) is 1. The molecule has 5 heteroatoms. The Balaban J connectivity index is 2.54. The SMILES string of the molecule is CCOC(=O)C(CSCCCO)(NC)C1CC1. The van der Waals surface area contributed by atoms with Gasteiger partial charge in [0.1, 0.15) is 5.54 Å². The third-order valence-electron chi connectivity index (χ3n) is 3.14. The molecule has 4 nitrogen and oxygen atoms in total. The first-order valence-corrected chi connectivity index (χ1v) is 7.41. The van der Waals surface area contributed by atoms with Crippen LogP contribution in [0.15, 0.2) is 0 Å². The van der Waals surface area contributed by atoms with Crippen LogP contribution in [0.4, 0.5) is 0 Å². The van der Waals surface area contributed by atoms with Crippen LogP contribution in [-0.4, -0.2) is 48.4 Å². The third kappa shape index (κ3) is 3.86. The van der Waals surface area contributed by atoms with E-state index in [1.165, 1.54) is 0 Å². The highest BCUT2D eigenvalue weighted by molar-refractivity contribution is 7.99. The highest BCUT2D eigenvalue weighted by atomic mass is 32.2. The van der Waals surface area contributed by atoms with Gasteiger partial charge in [0, 0.05) is 12.4 Å². The summed E-state index contributed by atoms with van der Waals surface area (Å²) in [6, 6.07) is 0. The number of likely N-dealkylation sites (N-methyl/N-ethyl adjacent to an activating group) is 1. The average molecular weight is 261 g/mol. The van der Waals surface area contributed by atoms with E-state index >= 15 is 0 Å². The topological polar surface area (TPSA) is 58.6 Å². The number of ether oxygens (including phenoxy) is 1. The zero-order valence-electron chi connectivity index (χ0n) is 10.7. The summed E-state index contributed by atoms with van der Waals surface area (Å²) in [6.07, 6.45) is 2.97. The minimum Gasteiger partial charge on any atom is -0.465 e. The second kappa shape index (κ2) is 7.24. The molecule has 0 aromatic heterocycles.